The van der Waals surface area contributed by atoms with E-state index in [1.165, 1.54) is 4.90 Å². The lowest BCUT2D eigenvalue weighted by atomic mass is 10.3. The second-order valence-electron chi connectivity index (χ2n) is 1.99. The number of amides is 1. The van der Waals surface area contributed by atoms with Crippen molar-refractivity contribution in [3.63, 3.8) is 0 Å². The third kappa shape index (κ3) is 2.62. The van der Waals surface area contributed by atoms with E-state index in [4.69, 9.17) is 0 Å². The van der Waals surface area contributed by atoms with Gasteiger partial charge >= 0.3 is 6.09 Å². The molecule has 0 aromatic heterocycles. The van der Waals surface area contributed by atoms with Gasteiger partial charge in [0, 0.05) is 19.2 Å². The fraction of sp³-hybridized carbons (Fsp3) is 0.625. The first-order chi connectivity index (χ1) is 5.22. The van der Waals surface area contributed by atoms with Crippen LogP contribution >= 0.6 is 0 Å². The van der Waals surface area contributed by atoms with E-state index in [1.807, 2.05) is 13.8 Å². The SMILES string of the molecule is C=C1CCOC(=O)N1C.CC. The van der Waals surface area contributed by atoms with Crippen LogP contribution in [0.2, 0.25) is 0 Å². The first-order valence-electron chi connectivity index (χ1n) is 3.80. The normalized spacial score (nSPS) is 16.8. The molecule has 0 unspecified atom stereocenters. The molecule has 0 N–H and O–H groups in total. The van der Waals surface area contributed by atoms with Gasteiger partial charge in [-0.15, -0.1) is 0 Å². The van der Waals surface area contributed by atoms with Crippen molar-refractivity contribution in [2.24, 2.45) is 0 Å². The molecule has 0 aliphatic carbocycles. The Bertz CT molecular complexity index is 138. The van der Waals surface area contributed by atoms with Crippen molar-refractivity contribution in [3.8, 4) is 0 Å². The summed E-state index contributed by atoms with van der Waals surface area (Å²) in [6.45, 7) is 8.14. The Hall–Kier alpha value is -0.990. The molecule has 0 aromatic rings. The van der Waals surface area contributed by atoms with Crippen molar-refractivity contribution in [1.82, 2.24) is 4.90 Å². The summed E-state index contributed by atoms with van der Waals surface area (Å²) in [5, 5.41) is 0. The van der Waals surface area contributed by atoms with Crippen LogP contribution in [0.3, 0.4) is 0 Å². The van der Waals surface area contributed by atoms with Crippen LogP contribution in [-0.2, 0) is 4.74 Å². The van der Waals surface area contributed by atoms with Crippen LogP contribution in [0, 0.1) is 0 Å². The van der Waals surface area contributed by atoms with E-state index >= 15 is 0 Å². The first kappa shape index (κ1) is 10.0. The van der Waals surface area contributed by atoms with Gasteiger partial charge in [0.05, 0.1) is 6.61 Å². The lowest BCUT2D eigenvalue weighted by molar-refractivity contribution is 0.101. The van der Waals surface area contributed by atoms with Crippen LogP contribution in [-0.4, -0.2) is 24.6 Å². The third-order valence-electron chi connectivity index (χ3n) is 1.36. The zero-order valence-electron chi connectivity index (χ0n) is 7.39. The van der Waals surface area contributed by atoms with Crippen LogP contribution in [0.25, 0.3) is 0 Å². The molecule has 3 nitrogen and oxygen atoms in total. The second kappa shape index (κ2) is 4.77. The maximum absolute atomic E-state index is 10.6. The van der Waals surface area contributed by atoms with Gasteiger partial charge in [-0.25, -0.2) is 4.79 Å². The van der Waals surface area contributed by atoms with E-state index in [2.05, 4.69) is 11.3 Å². The van der Waals surface area contributed by atoms with Crippen molar-refractivity contribution in [3.05, 3.63) is 12.3 Å². The fourth-order valence-corrected chi connectivity index (χ4v) is 0.650. The minimum Gasteiger partial charge on any atom is -0.449 e. The number of cyclic esters (lactones) is 1. The van der Waals surface area contributed by atoms with Gasteiger partial charge in [-0.2, -0.15) is 0 Å². The summed E-state index contributed by atoms with van der Waals surface area (Å²) in [4.78, 5) is 12.1. The topological polar surface area (TPSA) is 29.5 Å². The van der Waals surface area contributed by atoms with Gasteiger partial charge in [0.15, 0.2) is 0 Å². The molecule has 0 spiro atoms. The molecule has 1 heterocycles. The monoisotopic (exact) mass is 157 g/mol. The summed E-state index contributed by atoms with van der Waals surface area (Å²) in [7, 11) is 1.66. The Labute approximate surface area is 67.6 Å². The summed E-state index contributed by atoms with van der Waals surface area (Å²) in [5.74, 6) is 0. The van der Waals surface area contributed by atoms with E-state index in [-0.39, 0.29) is 6.09 Å². The Morgan fingerprint density at radius 2 is 2.09 bits per heavy atom. The molecule has 1 rings (SSSR count). The Balaban J connectivity index is 0.000000461. The van der Waals surface area contributed by atoms with Crippen LogP contribution in [0.15, 0.2) is 12.3 Å². The molecule has 0 radical (unpaired) electrons. The highest BCUT2D eigenvalue weighted by molar-refractivity contribution is 5.70. The number of rotatable bonds is 0. The third-order valence-corrected chi connectivity index (χ3v) is 1.36. The van der Waals surface area contributed by atoms with Gasteiger partial charge in [0.1, 0.15) is 0 Å². The summed E-state index contributed by atoms with van der Waals surface area (Å²) in [5.41, 5.74) is 0.825. The molecule has 0 aromatic carbocycles. The standard InChI is InChI=1S/C6H9NO2.C2H6/c1-5-3-4-9-6(8)7(5)2;1-2/h1,3-4H2,2H3;1-2H3. The molecule has 64 valence electrons. The number of nitrogens with zero attached hydrogens (tertiary/aromatic N) is 1. The van der Waals surface area contributed by atoms with Crippen LogP contribution in [0.1, 0.15) is 20.3 Å². The van der Waals surface area contributed by atoms with E-state index in [0.717, 1.165) is 12.1 Å². The van der Waals surface area contributed by atoms with Crippen LogP contribution in [0.4, 0.5) is 4.79 Å². The maximum Gasteiger partial charge on any atom is 0.413 e. The largest absolute Gasteiger partial charge is 0.449 e. The highest BCUT2D eigenvalue weighted by atomic mass is 16.6. The zero-order valence-corrected chi connectivity index (χ0v) is 7.39. The average molecular weight is 157 g/mol. The van der Waals surface area contributed by atoms with Gasteiger partial charge < -0.3 is 4.74 Å². The molecule has 1 saturated heterocycles. The van der Waals surface area contributed by atoms with Gasteiger partial charge in [0.2, 0.25) is 0 Å². The van der Waals surface area contributed by atoms with E-state index in [1.54, 1.807) is 7.05 Å². The Morgan fingerprint density at radius 1 is 1.55 bits per heavy atom. The van der Waals surface area contributed by atoms with E-state index in [0.29, 0.717) is 6.61 Å². The van der Waals surface area contributed by atoms with Gasteiger partial charge in [-0.1, -0.05) is 20.4 Å². The molecule has 0 bridgehead atoms. The number of carbonyl (C=O) groups excluding carboxylic acids is 1. The highest BCUT2D eigenvalue weighted by Gasteiger charge is 2.17. The summed E-state index contributed by atoms with van der Waals surface area (Å²) in [6, 6.07) is 0. The Morgan fingerprint density at radius 3 is 2.45 bits per heavy atom. The number of hydrogen-bond donors (Lipinski definition) is 0. The quantitative estimate of drug-likeness (QED) is 0.538. The maximum atomic E-state index is 10.6. The summed E-state index contributed by atoms with van der Waals surface area (Å²) in [6.07, 6.45) is 0.452. The molecule has 3 heteroatoms. The zero-order chi connectivity index (χ0) is 8.85. The smallest absolute Gasteiger partial charge is 0.413 e. The molecule has 0 saturated carbocycles. The number of ether oxygens (including phenoxy) is 1. The van der Waals surface area contributed by atoms with E-state index in [9.17, 15) is 4.79 Å². The van der Waals surface area contributed by atoms with Crippen molar-refractivity contribution < 1.29 is 9.53 Å². The molecular formula is C8H15NO2. The fourth-order valence-electron chi connectivity index (χ4n) is 0.650. The van der Waals surface area contributed by atoms with Crippen LogP contribution in [0.5, 0.6) is 0 Å². The molecule has 1 fully saturated rings. The minimum absolute atomic E-state index is 0.300. The molecule has 1 aliphatic rings. The predicted octanol–water partition coefficient (Wildman–Crippen LogP) is 2.00. The number of hydrogen-bond acceptors (Lipinski definition) is 2. The van der Waals surface area contributed by atoms with Crippen molar-refractivity contribution in [2.45, 2.75) is 20.3 Å². The molecular weight excluding hydrogens is 142 g/mol. The molecule has 1 amide bonds. The summed E-state index contributed by atoms with van der Waals surface area (Å²) >= 11 is 0. The lowest BCUT2D eigenvalue weighted by Gasteiger charge is -2.23. The van der Waals surface area contributed by atoms with E-state index < -0.39 is 0 Å². The highest BCUT2D eigenvalue weighted by Crippen LogP contribution is 2.11. The van der Waals surface area contributed by atoms with Gasteiger partial charge in [-0.3, -0.25) is 4.90 Å². The second-order valence-corrected chi connectivity index (χ2v) is 1.99. The van der Waals surface area contributed by atoms with Crippen molar-refractivity contribution in [1.29, 1.82) is 0 Å². The minimum atomic E-state index is -0.300. The molecule has 0 atom stereocenters. The van der Waals surface area contributed by atoms with Crippen molar-refractivity contribution in [2.75, 3.05) is 13.7 Å². The van der Waals surface area contributed by atoms with Gasteiger partial charge in [0.25, 0.3) is 0 Å². The lowest BCUT2D eigenvalue weighted by Crippen LogP contribution is -2.31. The predicted molar refractivity (Wildman–Crippen MR) is 44.2 cm³/mol. The average Bonchev–Trinajstić information content (AvgIpc) is 2.04. The summed E-state index contributed by atoms with van der Waals surface area (Å²) < 4.78 is 4.69. The van der Waals surface area contributed by atoms with Crippen LogP contribution < -0.4 is 0 Å². The first-order valence-corrected chi connectivity index (χ1v) is 3.80. The molecule has 1 aliphatic heterocycles. The van der Waals surface area contributed by atoms with Crippen molar-refractivity contribution >= 4 is 6.09 Å². The molecule has 11 heavy (non-hydrogen) atoms. The van der Waals surface area contributed by atoms with Gasteiger partial charge in [-0.05, 0) is 0 Å². The Kier molecular flexibility index (Phi) is 4.34. The number of carbonyl (C=O) groups is 1.